The first-order chi connectivity index (χ1) is 17.4. The molecule has 0 spiro atoms. The number of nitrogens with zero attached hydrogens (tertiary/aromatic N) is 1. The molecule has 1 saturated heterocycles. The second-order valence-corrected chi connectivity index (χ2v) is 10.3. The van der Waals surface area contributed by atoms with Crippen molar-refractivity contribution in [2.24, 2.45) is 5.14 Å². The number of primary sulfonamides is 1. The van der Waals surface area contributed by atoms with Crippen molar-refractivity contribution >= 4 is 44.9 Å². The molecule has 0 unspecified atom stereocenters. The minimum atomic E-state index is -4.23. The molecule has 1 fully saturated rings. The first kappa shape index (κ1) is 26.5. The highest BCUT2D eigenvalue weighted by Crippen LogP contribution is 2.31. The van der Waals surface area contributed by atoms with Crippen molar-refractivity contribution in [2.45, 2.75) is 23.5 Å². The van der Waals surface area contributed by atoms with Gasteiger partial charge in [-0.3, -0.25) is 4.79 Å². The molecule has 5 N–H and O–H groups in total. The van der Waals surface area contributed by atoms with E-state index in [2.05, 4.69) is 10.6 Å². The van der Waals surface area contributed by atoms with E-state index in [9.17, 15) is 31.9 Å². The van der Waals surface area contributed by atoms with Crippen molar-refractivity contribution in [3.05, 3.63) is 77.3 Å². The number of halogens is 3. The zero-order chi connectivity index (χ0) is 26.9. The predicted molar refractivity (Wildman–Crippen MR) is 133 cm³/mol. The van der Waals surface area contributed by atoms with Crippen LogP contribution in [-0.2, 0) is 14.8 Å². The normalized spacial score (nSPS) is 17.5. The Hall–Kier alpha value is -3.58. The van der Waals surface area contributed by atoms with Crippen LogP contribution in [0.15, 0.2) is 65.6 Å². The molecule has 1 aliphatic rings. The van der Waals surface area contributed by atoms with Gasteiger partial charge in [-0.25, -0.2) is 27.1 Å². The third-order valence-corrected chi connectivity index (χ3v) is 6.95. The maximum atomic E-state index is 14.9. The Balaban J connectivity index is 1.53. The molecule has 0 aliphatic carbocycles. The first-order valence-corrected chi connectivity index (χ1v) is 12.8. The van der Waals surface area contributed by atoms with Crippen LogP contribution in [0.25, 0.3) is 11.1 Å². The summed E-state index contributed by atoms with van der Waals surface area (Å²) < 4.78 is 52.4. The number of hydrogen-bond acceptors (Lipinski definition) is 5. The Morgan fingerprint density at radius 3 is 2.38 bits per heavy atom. The summed E-state index contributed by atoms with van der Waals surface area (Å²) in [6, 6.07) is 10.7. The molecule has 3 aromatic rings. The van der Waals surface area contributed by atoms with Crippen LogP contribution in [0.4, 0.5) is 25.0 Å². The maximum Gasteiger partial charge on any atom is 0.322 e. The molecule has 2 atom stereocenters. The molecule has 1 heterocycles. The number of rotatable bonds is 5. The number of nitrogens with one attached hydrogen (secondary N) is 2. The maximum absolute atomic E-state index is 14.9. The molecule has 0 saturated carbocycles. The van der Waals surface area contributed by atoms with Gasteiger partial charge in [-0.15, -0.1) is 0 Å². The zero-order valence-electron chi connectivity index (χ0n) is 19.0. The van der Waals surface area contributed by atoms with E-state index in [1.54, 1.807) is 24.3 Å². The van der Waals surface area contributed by atoms with Crippen LogP contribution in [0.5, 0.6) is 0 Å². The molecule has 13 heteroatoms. The number of hydrogen-bond donors (Lipinski definition) is 4. The van der Waals surface area contributed by atoms with Crippen LogP contribution in [-0.4, -0.2) is 49.1 Å². The van der Waals surface area contributed by atoms with Gasteiger partial charge in [-0.05, 0) is 60.2 Å². The number of sulfonamides is 1. The van der Waals surface area contributed by atoms with Gasteiger partial charge < -0.3 is 20.6 Å². The van der Waals surface area contributed by atoms with Crippen LogP contribution < -0.4 is 15.8 Å². The summed E-state index contributed by atoms with van der Waals surface area (Å²) in [5.41, 5.74) is 0.0251. The lowest BCUT2D eigenvalue weighted by Crippen LogP contribution is -2.45. The van der Waals surface area contributed by atoms with Crippen molar-refractivity contribution in [3.63, 3.8) is 0 Å². The van der Waals surface area contributed by atoms with Gasteiger partial charge in [-0.1, -0.05) is 17.7 Å². The van der Waals surface area contributed by atoms with E-state index in [1.807, 2.05) is 0 Å². The fourth-order valence-corrected chi connectivity index (χ4v) is 4.86. The van der Waals surface area contributed by atoms with E-state index in [0.29, 0.717) is 10.7 Å². The third-order valence-electron chi connectivity index (χ3n) is 5.72. The number of carbonyl (C=O) groups is 2. The molecule has 3 amide bonds. The Morgan fingerprint density at radius 1 is 1.03 bits per heavy atom. The highest BCUT2D eigenvalue weighted by atomic mass is 35.5. The number of benzene rings is 3. The van der Waals surface area contributed by atoms with E-state index in [4.69, 9.17) is 16.7 Å². The fourth-order valence-electron chi connectivity index (χ4n) is 3.99. The Kier molecular flexibility index (Phi) is 7.46. The lowest BCUT2D eigenvalue weighted by molar-refractivity contribution is -0.119. The Labute approximate surface area is 215 Å². The number of aliphatic hydroxyl groups excluding tert-OH is 1. The molecule has 3 aromatic carbocycles. The monoisotopic (exact) mass is 550 g/mol. The van der Waals surface area contributed by atoms with Gasteiger partial charge >= 0.3 is 6.03 Å². The molecule has 37 heavy (non-hydrogen) atoms. The van der Waals surface area contributed by atoms with Crippen LogP contribution in [0, 0.1) is 11.6 Å². The summed E-state index contributed by atoms with van der Waals surface area (Å²) in [7, 11) is -4.23. The number of amides is 3. The second kappa shape index (κ2) is 10.4. The number of anilines is 2. The lowest BCUT2D eigenvalue weighted by atomic mass is 10.0. The fraction of sp³-hybridized carbons (Fsp3) is 0.167. The van der Waals surface area contributed by atoms with Crippen LogP contribution in [0.3, 0.4) is 0 Å². The summed E-state index contributed by atoms with van der Waals surface area (Å²) in [6.45, 7) is -0.116. The number of nitrogens with two attached hydrogens (primary N) is 1. The van der Waals surface area contributed by atoms with Gasteiger partial charge in [-0.2, -0.15) is 0 Å². The summed E-state index contributed by atoms with van der Waals surface area (Å²) in [5, 5.41) is 20.7. The van der Waals surface area contributed by atoms with Gasteiger partial charge in [0.2, 0.25) is 15.9 Å². The van der Waals surface area contributed by atoms with Crippen molar-refractivity contribution in [3.8, 4) is 11.1 Å². The largest absolute Gasteiger partial charge is 0.391 e. The number of carbonyl (C=O) groups excluding carboxylic acids is 2. The SMILES string of the molecule is NS(=O)(=O)c1ccc(F)cc1-c1ccc(NC(=O)[C@H]2C[C@@H](O)CN2C(=O)Nc2ccc(Cl)cc2)c(F)c1. The van der Waals surface area contributed by atoms with Gasteiger partial charge in [0.05, 0.1) is 16.7 Å². The molecule has 194 valence electrons. The summed E-state index contributed by atoms with van der Waals surface area (Å²) in [4.78, 5) is 26.4. The van der Waals surface area contributed by atoms with Crippen molar-refractivity contribution in [1.82, 2.24) is 4.90 Å². The summed E-state index contributed by atoms with van der Waals surface area (Å²) in [5.74, 6) is -2.44. The molecule has 0 aromatic heterocycles. The van der Waals surface area contributed by atoms with Gasteiger partial charge in [0.25, 0.3) is 0 Å². The molecule has 0 radical (unpaired) electrons. The van der Waals surface area contributed by atoms with Crippen LogP contribution in [0.2, 0.25) is 5.02 Å². The number of aliphatic hydroxyl groups is 1. The van der Waals surface area contributed by atoms with Gasteiger partial charge in [0.1, 0.15) is 17.7 Å². The lowest BCUT2D eigenvalue weighted by Gasteiger charge is -2.24. The van der Waals surface area contributed by atoms with Crippen molar-refractivity contribution in [1.29, 1.82) is 0 Å². The molecular formula is C24H21ClF2N4O5S. The number of urea groups is 1. The standard InChI is InChI=1S/C24H21ClF2N4O5S/c25-14-2-5-16(6-3-14)29-24(34)31-12-17(32)11-21(31)23(33)30-20-7-1-13(9-19(20)27)18-10-15(26)4-8-22(18)37(28,35)36/h1-10,17,21,32H,11-12H2,(H,29,34)(H,30,33)(H2,28,35,36)/t17-,21-/m1/s1. The molecular weight excluding hydrogens is 530 g/mol. The number of likely N-dealkylation sites (tertiary alicyclic amines) is 1. The van der Waals surface area contributed by atoms with Gasteiger partial charge in [0.15, 0.2) is 0 Å². The summed E-state index contributed by atoms with van der Waals surface area (Å²) >= 11 is 5.84. The van der Waals surface area contributed by atoms with Gasteiger partial charge in [0, 0.05) is 29.2 Å². The predicted octanol–water partition coefficient (Wildman–Crippen LogP) is 3.54. The Bertz CT molecular complexity index is 1470. The highest BCUT2D eigenvalue weighted by Gasteiger charge is 2.39. The third kappa shape index (κ3) is 6.05. The molecule has 9 nitrogen and oxygen atoms in total. The minimum Gasteiger partial charge on any atom is -0.391 e. The molecule has 4 rings (SSSR count). The van der Waals surface area contributed by atoms with Crippen LogP contribution >= 0.6 is 11.6 Å². The molecule has 0 bridgehead atoms. The zero-order valence-corrected chi connectivity index (χ0v) is 20.6. The minimum absolute atomic E-state index is 0.0132. The van der Waals surface area contributed by atoms with E-state index in [1.165, 1.54) is 12.1 Å². The average molecular weight is 551 g/mol. The molecule has 1 aliphatic heterocycles. The van der Waals surface area contributed by atoms with Crippen LogP contribution in [0.1, 0.15) is 6.42 Å². The topological polar surface area (TPSA) is 142 Å². The van der Waals surface area contributed by atoms with E-state index >= 15 is 0 Å². The number of β-amino-alcohol motifs (C(OH)–C–C–N with tert-alkyl or cyclic N) is 1. The average Bonchev–Trinajstić information content (AvgIpc) is 3.23. The smallest absolute Gasteiger partial charge is 0.322 e. The van der Waals surface area contributed by atoms with E-state index < -0.39 is 50.6 Å². The second-order valence-electron chi connectivity index (χ2n) is 8.36. The first-order valence-electron chi connectivity index (χ1n) is 10.9. The van der Waals surface area contributed by atoms with E-state index in [-0.39, 0.29) is 29.8 Å². The Morgan fingerprint density at radius 2 is 1.73 bits per heavy atom. The van der Waals surface area contributed by atoms with Crippen molar-refractivity contribution < 1.29 is 31.9 Å². The highest BCUT2D eigenvalue weighted by molar-refractivity contribution is 7.89. The van der Waals surface area contributed by atoms with E-state index in [0.717, 1.165) is 29.2 Å². The quantitative estimate of drug-likeness (QED) is 0.384. The van der Waals surface area contributed by atoms with Crippen molar-refractivity contribution in [2.75, 3.05) is 17.2 Å². The summed E-state index contributed by atoms with van der Waals surface area (Å²) in [6.07, 6.45) is -1.04.